The average Bonchev–Trinajstić information content (AvgIpc) is 2.18. The Morgan fingerprint density at radius 3 is 3.08 bits per heavy atom. The van der Waals surface area contributed by atoms with Gasteiger partial charge in [-0.2, -0.15) is 10.2 Å². The Kier molecular flexibility index (Phi) is 3.33. The highest BCUT2D eigenvalue weighted by molar-refractivity contribution is 5.75. The maximum Gasteiger partial charge on any atom is 0.323 e. The summed E-state index contributed by atoms with van der Waals surface area (Å²) >= 11 is 0. The first-order valence-corrected chi connectivity index (χ1v) is 3.84. The molecule has 0 radical (unpaired) electrons. The molecule has 0 aromatic carbocycles. The van der Waals surface area contributed by atoms with E-state index >= 15 is 0 Å². The minimum absolute atomic E-state index is 0.348. The first kappa shape index (κ1) is 9.60. The molecule has 0 bridgehead atoms. The van der Waals surface area contributed by atoms with Gasteiger partial charge in [-0.25, -0.2) is 0 Å². The van der Waals surface area contributed by atoms with Crippen LogP contribution >= 0.6 is 0 Å². The Hall–Kier alpha value is -1.49. The van der Waals surface area contributed by atoms with Crippen molar-refractivity contribution >= 4 is 5.97 Å². The van der Waals surface area contributed by atoms with Gasteiger partial charge in [-0.1, -0.05) is 0 Å². The predicted molar refractivity (Wildman–Crippen MR) is 45.7 cm³/mol. The van der Waals surface area contributed by atoms with E-state index in [0.717, 1.165) is 0 Å². The smallest absolute Gasteiger partial charge is 0.323 e. The lowest BCUT2D eigenvalue weighted by atomic mass is 10.1. The van der Waals surface area contributed by atoms with E-state index in [1.54, 1.807) is 18.3 Å². The molecule has 1 rings (SSSR count). The quantitative estimate of drug-likeness (QED) is 0.637. The Morgan fingerprint density at radius 2 is 2.54 bits per heavy atom. The maximum atomic E-state index is 10.9. The highest BCUT2D eigenvalue weighted by Crippen LogP contribution is 1.97. The zero-order valence-corrected chi connectivity index (χ0v) is 7.30. The summed E-state index contributed by atoms with van der Waals surface area (Å²) in [6, 6.07) is 2.84. The van der Waals surface area contributed by atoms with Crippen LogP contribution in [0.3, 0.4) is 0 Å². The number of hydrogen-bond donors (Lipinski definition) is 1. The summed E-state index contributed by atoms with van der Waals surface area (Å²) in [6.07, 6.45) is 1.91. The second-order valence-electron chi connectivity index (χ2n) is 2.55. The Bertz CT molecular complexity index is 276. The summed E-state index contributed by atoms with van der Waals surface area (Å²) in [5.74, 6) is -0.439. The van der Waals surface area contributed by atoms with Crippen LogP contribution in [0.4, 0.5) is 0 Å². The topological polar surface area (TPSA) is 78.1 Å². The van der Waals surface area contributed by atoms with E-state index in [-0.39, 0.29) is 0 Å². The first-order chi connectivity index (χ1) is 6.24. The summed E-state index contributed by atoms with van der Waals surface area (Å²) in [5.41, 5.74) is 6.20. The SMILES string of the molecule is COC(=O)[C@H](N)Cc1cccnn1. The van der Waals surface area contributed by atoms with Gasteiger partial charge in [0.1, 0.15) is 6.04 Å². The number of nitrogens with two attached hydrogens (primary N) is 1. The number of aromatic nitrogens is 2. The van der Waals surface area contributed by atoms with Crippen molar-refractivity contribution < 1.29 is 9.53 Å². The fraction of sp³-hybridized carbons (Fsp3) is 0.375. The fourth-order valence-corrected chi connectivity index (χ4v) is 0.902. The molecule has 1 aromatic rings. The van der Waals surface area contributed by atoms with Crippen LogP contribution in [0.25, 0.3) is 0 Å². The Balaban J connectivity index is 2.55. The number of nitrogens with zero attached hydrogens (tertiary/aromatic N) is 2. The van der Waals surface area contributed by atoms with Gasteiger partial charge in [0.15, 0.2) is 0 Å². The zero-order chi connectivity index (χ0) is 9.68. The standard InChI is InChI=1S/C8H11N3O2/c1-13-8(12)7(9)5-6-3-2-4-10-11-6/h2-4,7H,5,9H2,1H3/t7-/m1/s1. The molecular weight excluding hydrogens is 170 g/mol. The van der Waals surface area contributed by atoms with E-state index < -0.39 is 12.0 Å². The molecule has 1 heterocycles. The van der Waals surface area contributed by atoms with Crippen molar-refractivity contribution in [2.75, 3.05) is 7.11 Å². The number of hydrogen-bond acceptors (Lipinski definition) is 5. The zero-order valence-electron chi connectivity index (χ0n) is 7.30. The molecule has 70 valence electrons. The molecule has 0 saturated carbocycles. The molecular formula is C8H11N3O2. The van der Waals surface area contributed by atoms with Crippen molar-refractivity contribution in [3.63, 3.8) is 0 Å². The summed E-state index contributed by atoms with van der Waals surface area (Å²) < 4.78 is 4.47. The summed E-state index contributed by atoms with van der Waals surface area (Å²) in [5, 5.41) is 7.46. The molecule has 1 aromatic heterocycles. The summed E-state index contributed by atoms with van der Waals surface area (Å²) in [6.45, 7) is 0. The van der Waals surface area contributed by atoms with Gasteiger partial charge in [0.2, 0.25) is 0 Å². The Morgan fingerprint density at radius 1 is 1.77 bits per heavy atom. The van der Waals surface area contributed by atoms with Crippen molar-refractivity contribution in [1.82, 2.24) is 10.2 Å². The normalized spacial score (nSPS) is 12.2. The second kappa shape index (κ2) is 4.51. The molecule has 5 heteroatoms. The van der Waals surface area contributed by atoms with Crippen LogP contribution in [0.5, 0.6) is 0 Å². The number of carbonyl (C=O) groups is 1. The Labute approximate surface area is 75.9 Å². The van der Waals surface area contributed by atoms with Crippen molar-refractivity contribution in [3.8, 4) is 0 Å². The molecule has 0 aliphatic heterocycles. The van der Waals surface area contributed by atoms with Crippen LogP contribution in [-0.2, 0) is 16.0 Å². The highest BCUT2D eigenvalue weighted by atomic mass is 16.5. The van der Waals surface area contributed by atoms with Crippen LogP contribution in [-0.4, -0.2) is 29.3 Å². The third-order valence-corrected chi connectivity index (χ3v) is 1.56. The molecule has 1 atom stereocenters. The lowest BCUT2D eigenvalue weighted by Gasteiger charge is -2.06. The van der Waals surface area contributed by atoms with Crippen LogP contribution in [0, 0.1) is 0 Å². The van der Waals surface area contributed by atoms with E-state index in [0.29, 0.717) is 12.1 Å². The predicted octanol–water partition coefficient (Wildman–Crippen LogP) is -0.481. The van der Waals surface area contributed by atoms with Gasteiger partial charge in [0.25, 0.3) is 0 Å². The fourth-order valence-electron chi connectivity index (χ4n) is 0.902. The third kappa shape index (κ3) is 2.79. The molecule has 0 fully saturated rings. The van der Waals surface area contributed by atoms with Gasteiger partial charge in [-0.15, -0.1) is 0 Å². The number of methoxy groups -OCH3 is 1. The van der Waals surface area contributed by atoms with E-state index in [2.05, 4.69) is 14.9 Å². The molecule has 0 aliphatic carbocycles. The van der Waals surface area contributed by atoms with Crippen LogP contribution in [0.1, 0.15) is 5.69 Å². The molecule has 2 N–H and O–H groups in total. The maximum absolute atomic E-state index is 10.9. The van der Waals surface area contributed by atoms with Crippen molar-refractivity contribution in [3.05, 3.63) is 24.0 Å². The first-order valence-electron chi connectivity index (χ1n) is 3.84. The van der Waals surface area contributed by atoms with Gasteiger partial charge in [0.05, 0.1) is 12.8 Å². The van der Waals surface area contributed by atoms with E-state index in [1.165, 1.54) is 7.11 Å². The van der Waals surface area contributed by atoms with Crippen molar-refractivity contribution in [2.24, 2.45) is 5.73 Å². The second-order valence-corrected chi connectivity index (χ2v) is 2.55. The minimum Gasteiger partial charge on any atom is -0.468 e. The van der Waals surface area contributed by atoms with Gasteiger partial charge >= 0.3 is 5.97 Å². The van der Waals surface area contributed by atoms with E-state index in [1.807, 2.05) is 0 Å². The monoisotopic (exact) mass is 181 g/mol. The lowest BCUT2D eigenvalue weighted by molar-refractivity contribution is -0.142. The molecule has 13 heavy (non-hydrogen) atoms. The van der Waals surface area contributed by atoms with E-state index in [9.17, 15) is 4.79 Å². The third-order valence-electron chi connectivity index (χ3n) is 1.56. The lowest BCUT2D eigenvalue weighted by Crippen LogP contribution is -2.33. The molecule has 0 spiro atoms. The van der Waals surface area contributed by atoms with Crippen molar-refractivity contribution in [2.45, 2.75) is 12.5 Å². The molecule has 0 unspecified atom stereocenters. The van der Waals surface area contributed by atoms with Crippen molar-refractivity contribution in [1.29, 1.82) is 0 Å². The number of carbonyl (C=O) groups excluding carboxylic acids is 1. The number of esters is 1. The van der Waals surface area contributed by atoms with Crippen LogP contribution in [0.15, 0.2) is 18.3 Å². The number of ether oxygens (including phenoxy) is 1. The van der Waals surface area contributed by atoms with E-state index in [4.69, 9.17) is 5.73 Å². The summed E-state index contributed by atoms with van der Waals surface area (Å²) in [4.78, 5) is 10.9. The minimum atomic E-state index is -0.665. The molecule has 0 aliphatic rings. The number of rotatable bonds is 3. The van der Waals surface area contributed by atoms with Gasteiger partial charge in [0, 0.05) is 12.6 Å². The van der Waals surface area contributed by atoms with Crippen LogP contribution in [0.2, 0.25) is 0 Å². The van der Waals surface area contributed by atoms with Crippen LogP contribution < -0.4 is 5.73 Å². The average molecular weight is 181 g/mol. The largest absolute Gasteiger partial charge is 0.468 e. The van der Waals surface area contributed by atoms with Gasteiger partial charge in [-0.3, -0.25) is 4.79 Å². The molecule has 0 saturated heterocycles. The highest BCUT2D eigenvalue weighted by Gasteiger charge is 2.14. The summed E-state index contributed by atoms with van der Waals surface area (Å²) in [7, 11) is 1.30. The molecule has 5 nitrogen and oxygen atoms in total. The van der Waals surface area contributed by atoms with Gasteiger partial charge in [-0.05, 0) is 12.1 Å². The van der Waals surface area contributed by atoms with Gasteiger partial charge < -0.3 is 10.5 Å². The molecule has 0 amide bonds.